The molecule has 15 heavy (non-hydrogen) atoms. The van der Waals surface area contributed by atoms with Gasteiger partial charge in [0.25, 0.3) is 0 Å². The molecule has 1 rings (SSSR count). The van der Waals surface area contributed by atoms with Crippen LogP contribution in [0.15, 0.2) is 0 Å². The van der Waals surface area contributed by atoms with E-state index in [2.05, 4.69) is 9.80 Å². The Bertz CT molecular complexity index is 203. The van der Waals surface area contributed by atoms with Gasteiger partial charge in [-0.25, -0.2) is 0 Å². The quantitative estimate of drug-likeness (QED) is 0.678. The Morgan fingerprint density at radius 1 is 1.33 bits per heavy atom. The SMILES string of the molecule is CN(C)CCN(CC(=O)O)CC1CCC1. The van der Waals surface area contributed by atoms with Crippen LogP contribution in [-0.2, 0) is 4.79 Å². The Labute approximate surface area is 91.9 Å². The summed E-state index contributed by atoms with van der Waals surface area (Å²) < 4.78 is 0. The number of likely N-dealkylation sites (N-methyl/N-ethyl adjacent to an activating group) is 1. The Morgan fingerprint density at radius 2 is 2.00 bits per heavy atom. The Morgan fingerprint density at radius 3 is 2.40 bits per heavy atom. The summed E-state index contributed by atoms with van der Waals surface area (Å²) in [7, 11) is 4.03. The van der Waals surface area contributed by atoms with Crippen LogP contribution in [0, 0.1) is 5.92 Å². The minimum Gasteiger partial charge on any atom is -0.480 e. The van der Waals surface area contributed by atoms with E-state index < -0.39 is 5.97 Å². The molecular weight excluding hydrogens is 192 g/mol. The maximum absolute atomic E-state index is 10.7. The summed E-state index contributed by atoms with van der Waals surface area (Å²) in [4.78, 5) is 14.8. The van der Waals surface area contributed by atoms with Gasteiger partial charge in [0.05, 0.1) is 6.54 Å². The van der Waals surface area contributed by atoms with Gasteiger partial charge in [-0.3, -0.25) is 9.69 Å². The summed E-state index contributed by atoms with van der Waals surface area (Å²) in [6.07, 6.45) is 3.87. The molecule has 0 aromatic heterocycles. The molecule has 0 radical (unpaired) electrons. The van der Waals surface area contributed by atoms with E-state index in [-0.39, 0.29) is 6.54 Å². The first-order valence-electron chi connectivity index (χ1n) is 5.67. The lowest BCUT2D eigenvalue weighted by atomic mass is 9.85. The molecule has 0 heterocycles. The first kappa shape index (κ1) is 12.5. The third kappa shape index (κ3) is 5.14. The number of nitrogens with zero attached hydrogens (tertiary/aromatic N) is 2. The van der Waals surface area contributed by atoms with Crippen molar-refractivity contribution in [1.29, 1.82) is 0 Å². The van der Waals surface area contributed by atoms with Crippen molar-refractivity contribution in [2.75, 3.05) is 40.3 Å². The smallest absolute Gasteiger partial charge is 0.317 e. The molecule has 4 heteroatoms. The van der Waals surface area contributed by atoms with E-state index in [0.29, 0.717) is 0 Å². The first-order valence-corrected chi connectivity index (χ1v) is 5.67. The zero-order valence-electron chi connectivity index (χ0n) is 9.78. The van der Waals surface area contributed by atoms with Crippen molar-refractivity contribution in [3.63, 3.8) is 0 Å². The van der Waals surface area contributed by atoms with Crippen LogP contribution in [0.25, 0.3) is 0 Å². The van der Waals surface area contributed by atoms with E-state index >= 15 is 0 Å². The topological polar surface area (TPSA) is 43.8 Å². The van der Waals surface area contributed by atoms with E-state index in [1.165, 1.54) is 19.3 Å². The van der Waals surface area contributed by atoms with Crippen molar-refractivity contribution in [2.24, 2.45) is 5.92 Å². The van der Waals surface area contributed by atoms with Gasteiger partial charge in [0.15, 0.2) is 0 Å². The summed E-state index contributed by atoms with van der Waals surface area (Å²) in [6, 6.07) is 0. The van der Waals surface area contributed by atoms with Gasteiger partial charge >= 0.3 is 5.97 Å². The van der Waals surface area contributed by atoms with Gasteiger partial charge in [-0.1, -0.05) is 6.42 Å². The van der Waals surface area contributed by atoms with Gasteiger partial charge in [-0.15, -0.1) is 0 Å². The Kier molecular flexibility index (Phi) is 5.05. The van der Waals surface area contributed by atoms with E-state index in [1.807, 2.05) is 14.1 Å². The number of carboxylic acids is 1. The zero-order chi connectivity index (χ0) is 11.3. The van der Waals surface area contributed by atoms with Crippen molar-refractivity contribution < 1.29 is 9.90 Å². The van der Waals surface area contributed by atoms with Crippen LogP contribution in [0.3, 0.4) is 0 Å². The Hall–Kier alpha value is -0.610. The average Bonchev–Trinajstić information content (AvgIpc) is 2.05. The van der Waals surface area contributed by atoms with Gasteiger partial charge in [0, 0.05) is 19.6 Å². The predicted octanol–water partition coefficient (Wildman–Crippen LogP) is 0.735. The standard InChI is InChI=1S/C11H22N2O2/c1-12(2)6-7-13(9-11(14)15)8-10-4-3-5-10/h10H,3-9H2,1-2H3,(H,14,15). The van der Waals surface area contributed by atoms with Crippen LogP contribution in [0.5, 0.6) is 0 Å². The molecule has 0 aliphatic heterocycles. The van der Waals surface area contributed by atoms with Gasteiger partial charge < -0.3 is 10.0 Å². The van der Waals surface area contributed by atoms with E-state index in [1.54, 1.807) is 0 Å². The van der Waals surface area contributed by atoms with E-state index in [0.717, 1.165) is 25.6 Å². The summed E-state index contributed by atoms with van der Waals surface area (Å²) >= 11 is 0. The number of carbonyl (C=O) groups is 1. The molecule has 0 spiro atoms. The van der Waals surface area contributed by atoms with Crippen molar-refractivity contribution >= 4 is 5.97 Å². The number of hydrogen-bond donors (Lipinski definition) is 1. The van der Waals surface area contributed by atoms with Crippen LogP contribution >= 0.6 is 0 Å². The molecule has 0 aromatic rings. The van der Waals surface area contributed by atoms with Crippen LogP contribution < -0.4 is 0 Å². The molecule has 1 fully saturated rings. The second-order valence-corrected chi connectivity index (χ2v) is 4.73. The Balaban J connectivity index is 2.26. The largest absolute Gasteiger partial charge is 0.480 e. The van der Waals surface area contributed by atoms with Gasteiger partial charge in [-0.2, -0.15) is 0 Å². The molecule has 1 N–H and O–H groups in total. The minimum absolute atomic E-state index is 0.185. The fourth-order valence-corrected chi connectivity index (χ4v) is 1.81. The first-order chi connectivity index (χ1) is 7.08. The molecule has 0 aromatic carbocycles. The summed E-state index contributed by atoms with van der Waals surface area (Å²) in [5.41, 5.74) is 0. The molecule has 0 unspecified atom stereocenters. The number of hydrogen-bond acceptors (Lipinski definition) is 3. The summed E-state index contributed by atoms with van der Waals surface area (Å²) in [6.45, 7) is 2.93. The second-order valence-electron chi connectivity index (χ2n) is 4.73. The molecule has 1 aliphatic carbocycles. The fourth-order valence-electron chi connectivity index (χ4n) is 1.81. The van der Waals surface area contributed by atoms with Crippen LogP contribution in [-0.4, -0.2) is 61.2 Å². The molecule has 0 bridgehead atoms. The fraction of sp³-hybridized carbons (Fsp3) is 0.909. The molecule has 0 atom stereocenters. The van der Waals surface area contributed by atoms with Crippen LogP contribution in [0.4, 0.5) is 0 Å². The average molecular weight is 214 g/mol. The highest BCUT2D eigenvalue weighted by Gasteiger charge is 2.21. The third-order valence-corrected chi connectivity index (χ3v) is 2.96. The van der Waals surface area contributed by atoms with Crippen LogP contribution in [0.1, 0.15) is 19.3 Å². The highest BCUT2D eigenvalue weighted by atomic mass is 16.4. The van der Waals surface area contributed by atoms with Crippen molar-refractivity contribution in [2.45, 2.75) is 19.3 Å². The normalized spacial score (nSPS) is 17.1. The van der Waals surface area contributed by atoms with Gasteiger partial charge in [0.2, 0.25) is 0 Å². The van der Waals surface area contributed by atoms with E-state index in [9.17, 15) is 4.79 Å². The highest BCUT2D eigenvalue weighted by molar-refractivity contribution is 5.69. The molecule has 1 aliphatic rings. The number of rotatable bonds is 7. The van der Waals surface area contributed by atoms with Crippen LogP contribution in [0.2, 0.25) is 0 Å². The molecule has 4 nitrogen and oxygen atoms in total. The predicted molar refractivity (Wildman–Crippen MR) is 60.0 cm³/mol. The van der Waals surface area contributed by atoms with Crippen molar-refractivity contribution in [3.8, 4) is 0 Å². The second kappa shape index (κ2) is 6.08. The molecule has 88 valence electrons. The summed E-state index contributed by atoms with van der Waals surface area (Å²) in [5.74, 6) is 0.0274. The number of aliphatic carboxylic acids is 1. The third-order valence-electron chi connectivity index (χ3n) is 2.96. The van der Waals surface area contributed by atoms with Gasteiger partial charge in [-0.05, 0) is 32.9 Å². The summed E-state index contributed by atoms with van der Waals surface area (Å²) in [5, 5.41) is 8.80. The van der Waals surface area contributed by atoms with Crippen molar-refractivity contribution in [1.82, 2.24) is 9.80 Å². The maximum atomic E-state index is 10.7. The maximum Gasteiger partial charge on any atom is 0.317 e. The number of carboxylic acid groups (broad SMARTS) is 1. The monoisotopic (exact) mass is 214 g/mol. The lowest BCUT2D eigenvalue weighted by Crippen LogP contribution is -2.40. The molecule has 0 amide bonds. The molecule has 1 saturated carbocycles. The molecule has 0 saturated heterocycles. The van der Waals surface area contributed by atoms with Crippen molar-refractivity contribution in [3.05, 3.63) is 0 Å². The van der Waals surface area contributed by atoms with Gasteiger partial charge in [0.1, 0.15) is 0 Å². The lowest BCUT2D eigenvalue weighted by molar-refractivity contribution is -0.138. The molecular formula is C11H22N2O2. The minimum atomic E-state index is -0.715. The lowest BCUT2D eigenvalue weighted by Gasteiger charge is -2.32. The van der Waals surface area contributed by atoms with E-state index in [4.69, 9.17) is 5.11 Å². The zero-order valence-corrected chi connectivity index (χ0v) is 9.78. The highest BCUT2D eigenvalue weighted by Crippen LogP contribution is 2.26.